The van der Waals surface area contributed by atoms with Crippen molar-refractivity contribution in [1.82, 2.24) is 0 Å². The molecule has 0 aromatic heterocycles. The van der Waals surface area contributed by atoms with Crippen molar-refractivity contribution in [2.45, 2.75) is 27.2 Å². The van der Waals surface area contributed by atoms with Gasteiger partial charge in [0.1, 0.15) is 0 Å². The summed E-state index contributed by atoms with van der Waals surface area (Å²) in [6.07, 6.45) is 16.5. The molecule has 4 nitrogen and oxygen atoms in total. The summed E-state index contributed by atoms with van der Waals surface area (Å²) in [6, 6.07) is 67.6. The van der Waals surface area contributed by atoms with Crippen LogP contribution in [0.1, 0.15) is 25.8 Å². The number of hydrogen-bond donors (Lipinski definition) is 0. The highest BCUT2D eigenvalue weighted by molar-refractivity contribution is 5.83. The van der Waals surface area contributed by atoms with E-state index in [1.807, 2.05) is 0 Å². The molecular weight excluding hydrogens is 765 g/mol. The second-order valence-electron chi connectivity index (χ2n) is 16.9. The maximum Gasteiger partial charge on any atom is 0.0538 e. The third kappa shape index (κ3) is 8.09. The molecule has 3 aliphatic carbocycles. The number of aryl methyl sites for hydroxylation is 1. The molecule has 0 aliphatic heterocycles. The Balaban J connectivity index is 1.06. The van der Waals surface area contributed by atoms with E-state index in [-0.39, 0.29) is 5.41 Å². The molecule has 3 aliphatic rings. The van der Waals surface area contributed by atoms with Crippen LogP contribution in [0.5, 0.6) is 0 Å². The minimum absolute atomic E-state index is 0.229. The fourth-order valence-corrected chi connectivity index (χ4v) is 8.97. The van der Waals surface area contributed by atoms with E-state index in [1.54, 1.807) is 0 Å². The van der Waals surface area contributed by atoms with Crippen molar-refractivity contribution in [2.75, 3.05) is 19.6 Å². The van der Waals surface area contributed by atoms with Crippen LogP contribution in [0, 0.1) is 18.3 Å². The predicted molar refractivity (Wildman–Crippen MR) is 266 cm³/mol. The average molecular weight is 815 g/mol. The average Bonchev–Trinajstić information content (AvgIpc) is 4.08. The summed E-state index contributed by atoms with van der Waals surface area (Å²) >= 11 is 0. The monoisotopic (exact) mass is 814 g/mol. The zero-order valence-corrected chi connectivity index (χ0v) is 36.0. The maximum absolute atomic E-state index is 3.45. The Morgan fingerprint density at radius 2 is 0.873 bits per heavy atom. The number of benzene rings is 7. The highest BCUT2D eigenvalue weighted by atomic mass is 15.2. The van der Waals surface area contributed by atoms with E-state index < -0.39 is 0 Å². The lowest BCUT2D eigenvalue weighted by molar-refractivity contribution is 0.663. The van der Waals surface area contributed by atoms with Gasteiger partial charge in [-0.1, -0.05) is 98.0 Å². The normalized spacial score (nSPS) is 17.1. The number of rotatable bonds is 12. The first-order valence-electron chi connectivity index (χ1n) is 21.9. The standard InChI is InChI=1S/C59H50N4/c1-44-16-13-24-49(28-27-44)60(46-18-7-4-8-19-46)50-29-31-51(32-30-50)61(52-33-35-54(36-34-52)62(47-20-9-5-10-21-47)56-25-14-17-45(2)42-56)53-37-39-55(40-38-53)63(48-22-11-6-12-23-48)58-26-15-41-59(3)43-57(58)59/h4-26,28-42,57H,43H2,1-3H3. The van der Waals surface area contributed by atoms with Crippen molar-refractivity contribution >= 4 is 56.9 Å². The van der Waals surface area contributed by atoms with Crippen molar-refractivity contribution in [3.63, 3.8) is 0 Å². The SMILES string of the molecule is CC1=C=CC(N(c2ccccc2)c2ccc(N(c3ccc(N(C4=CC=CC5(C)CC45)c4ccccc4)cc3)c3ccc(N(c4ccccc4)c4cccc(C)c4)cc3)cc2)=CC=C1. The molecule has 0 amide bonds. The molecule has 2 unspecified atom stereocenters. The van der Waals surface area contributed by atoms with E-state index in [2.05, 4.69) is 277 Å². The van der Waals surface area contributed by atoms with E-state index in [4.69, 9.17) is 0 Å². The third-order valence-corrected chi connectivity index (χ3v) is 12.4. The Morgan fingerprint density at radius 1 is 0.444 bits per heavy atom. The molecule has 7 aromatic carbocycles. The van der Waals surface area contributed by atoms with E-state index in [0.717, 1.165) is 62.5 Å². The molecule has 2 atom stereocenters. The van der Waals surface area contributed by atoms with Gasteiger partial charge in [-0.2, -0.15) is 0 Å². The Hall–Kier alpha value is -7.78. The van der Waals surface area contributed by atoms with E-state index in [0.29, 0.717) is 5.92 Å². The van der Waals surface area contributed by atoms with Gasteiger partial charge in [-0.25, -0.2) is 0 Å². The smallest absolute Gasteiger partial charge is 0.0538 e. The number of anilines is 10. The molecule has 0 spiro atoms. The summed E-state index contributed by atoms with van der Waals surface area (Å²) in [5, 5.41) is 0. The van der Waals surface area contributed by atoms with Crippen LogP contribution >= 0.6 is 0 Å². The fourth-order valence-electron chi connectivity index (χ4n) is 8.97. The van der Waals surface area contributed by atoms with Crippen molar-refractivity contribution < 1.29 is 0 Å². The Kier molecular flexibility index (Phi) is 10.6. The molecule has 4 heteroatoms. The first-order chi connectivity index (χ1) is 30.9. The number of para-hydroxylation sites is 3. The Labute approximate surface area is 372 Å². The van der Waals surface area contributed by atoms with Gasteiger partial charge in [0.25, 0.3) is 0 Å². The zero-order chi connectivity index (χ0) is 42.8. The summed E-state index contributed by atoms with van der Waals surface area (Å²) in [5.41, 5.74) is 19.3. The number of hydrogen-bond acceptors (Lipinski definition) is 4. The first kappa shape index (κ1) is 39.4. The minimum atomic E-state index is 0.229. The predicted octanol–water partition coefficient (Wildman–Crippen LogP) is 16.2. The van der Waals surface area contributed by atoms with Crippen molar-refractivity contribution in [1.29, 1.82) is 0 Å². The lowest BCUT2D eigenvalue weighted by Crippen LogP contribution is -2.21. The van der Waals surface area contributed by atoms with Crippen LogP contribution in [0.15, 0.2) is 253 Å². The first-order valence-corrected chi connectivity index (χ1v) is 21.9. The molecule has 63 heavy (non-hydrogen) atoms. The Bertz CT molecular complexity index is 2920. The molecule has 7 aromatic rings. The van der Waals surface area contributed by atoms with Crippen LogP contribution in [-0.2, 0) is 0 Å². The van der Waals surface area contributed by atoms with Crippen LogP contribution in [0.2, 0.25) is 0 Å². The quantitative estimate of drug-likeness (QED) is 0.114. The fraction of sp³-hybridized carbons (Fsp3) is 0.102. The topological polar surface area (TPSA) is 13.0 Å². The van der Waals surface area contributed by atoms with Crippen LogP contribution in [0.25, 0.3) is 0 Å². The number of fused-ring (bicyclic) bond motifs is 1. The maximum atomic E-state index is 3.45. The van der Waals surface area contributed by atoms with Crippen molar-refractivity contribution in [3.8, 4) is 0 Å². The minimum Gasteiger partial charge on any atom is -0.314 e. The third-order valence-electron chi connectivity index (χ3n) is 12.4. The highest BCUT2D eigenvalue weighted by Gasteiger charge is 2.52. The van der Waals surface area contributed by atoms with E-state index >= 15 is 0 Å². The molecule has 0 radical (unpaired) electrons. The number of allylic oxidation sites excluding steroid dienone is 8. The molecule has 0 bridgehead atoms. The lowest BCUT2D eigenvalue weighted by Gasteiger charge is -2.32. The molecule has 10 rings (SSSR count). The molecule has 0 heterocycles. The van der Waals surface area contributed by atoms with Crippen LogP contribution in [-0.4, -0.2) is 0 Å². The van der Waals surface area contributed by atoms with Crippen LogP contribution in [0.3, 0.4) is 0 Å². The largest absolute Gasteiger partial charge is 0.314 e. The van der Waals surface area contributed by atoms with Crippen molar-refractivity contribution in [2.24, 2.45) is 11.3 Å². The van der Waals surface area contributed by atoms with Gasteiger partial charge in [0, 0.05) is 74.6 Å². The van der Waals surface area contributed by atoms with Crippen LogP contribution in [0.4, 0.5) is 56.9 Å². The van der Waals surface area contributed by atoms with Crippen LogP contribution < -0.4 is 19.6 Å². The summed E-state index contributed by atoms with van der Waals surface area (Å²) in [6.45, 7) is 6.60. The molecule has 1 fully saturated rings. The highest BCUT2D eigenvalue weighted by Crippen LogP contribution is 2.60. The summed E-state index contributed by atoms with van der Waals surface area (Å²) in [4.78, 5) is 9.41. The molecule has 1 saturated carbocycles. The van der Waals surface area contributed by atoms with Gasteiger partial charge in [0.15, 0.2) is 0 Å². The summed E-state index contributed by atoms with van der Waals surface area (Å²) < 4.78 is 0. The lowest BCUT2D eigenvalue weighted by atomic mass is 9.98. The summed E-state index contributed by atoms with van der Waals surface area (Å²) in [7, 11) is 0. The van der Waals surface area contributed by atoms with Gasteiger partial charge >= 0.3 is 0 Å². The second-order valence-corrected chi connectivity index (χ2v) is 16.9. The van der Waals surface area contributed by atoms with Gasteiger partial charge in [-0.05, 0) is 170 Å². The van der Waals surface area contributed by atoms with E-state index in [1.165, 1.54) is 23.4 Å². The molecular formula is C59H50N4. The number of nitrogens with zero attached hydrogens (tertiary/aromatic N) is 4. The zero-order valence-electron chi connectivity index (χ0n) is 36.0. The molecule has 0 N–H and O–H groups in total. The summed E-state index contributed by atoms with van der Waals surface area (Å²) in [5.74, 6) is 0.502. The van der Waals surface area contributed by atoms with Gasteiger partial charge in [0.2, 0.25) is 0 Å². The second kappa shape index (κ2) is 16.9. The van der Waals surface area contributed by atoms with Gasteiger partial charge in [-0.15, -0.1) is 5.73 Å². The van der Waals surface area contributed by atoms with E-state index in [9.17, 15) is 0 Å². The van der Waals surface area contributed by atoms with Gasteiger partial charge < -0.3 is 19.6 Å². The van der Waals surface area contributed by atoms with Crippen molar-refractivity contribution in [3.05, 3.63) is 259 Å². The van der Waals surface area contributed by atoms with Gasteiger partial charge in [0.05, 0.1) is 5.70 Å². The molecule has 0 saturated heterocycles. The van der Waals surface area contributed by atoms with Gasteiger partial charge in [-0.3, -0.25) is 0 Å². The Morgan fingerprint density at radius 3 is 1.40 bits per heavy atom. The molecule has 306 valence electrons.